The Morgan fingerprint density at radius 2 is 1.69 bits per heavy atom. The van der Waals surface area contributed by atoms with Crippen LogP contribution in [0.4, 0.5) is 0 Å². The van der Waals surface area contributed by atoms with E-state index in [2.05, 4.69) is 39.9 Å². The first-order valence-electron chi connectivity index (χ1n) is 14.2. The number of carbonyl (C=O) groups is 2. The first kappa shape index (κ1) is 31.3. The molecule has 0 radical (unpaired) electrons. The van der Waals surface area contributed by atoms with Crippen LogP contribution in [0.5, 0.6) is 0 Å². The SMILES string of the molecule is NC(N)=NCCC[C@@H]1N[C@H](CNC(=O)Cc2ccc(Cl)cc2Cl)CCN(CC(c2ccccc2)c2ccccc2)C1=O. The molecular weight excluding hydrogens is 571 g/mol. The van der Waals surface area contributed by atoms with Crippen LogP contribution in [0.15, 0.2) is 83.9 Å². The minimum absolute atomic E-state index is 0.0269. The second-order valence-electron chi connectivity index (χ2n) is 10.5. The zero-order valence-electron chi connectivity index (χ0n) is 23.5. The number of benzene rings is 3. The second-order valence-corrected chi connectivity index (χ2v) is 11.4. The molecule has 0 aliphatic carbocycles. The number of rotatable bonds is 12. The summed E-state index contributed by atoms with van der Waals surface area (Å²) >= 11 is 12.2. The molecule has 0 aromatic heterocycles. The van der Waals surface area contributed by atoms with Gasteiger partial charge in [-0.15, -0.1) is 0 Å². The molecule has 8 nitrogen and oxygen atoms in total. The van der Waals surface area contributed by atoms with Crippen molar-refractivity contribution in [1.82, 2.24) is 15.5 Å². The fourth-order valence-corrected chi connectivity index (χ4v) is 5.74. The van der Waals surface area contributed by atoms with Crippen LogP contribution in [-0.4, -0.2) is 60.9 Å². The number of halogens is 2. The number of hydrogen-bond donors (Lipinski definition) is 4. The summed E-state index contributed by atoms with van der Waals surface area (Å²) in [5, 5.41) is 7.51. The monoisotopic (exact) mass is 608 g/mol. The molecule has 42 heavy (non-hydrogen) atoms. The highest BCUT2D eigenvalue weighted by Gasteiger charge is 2.32. The summed E-state index contributed by atoms with van der Waals surface area (Å²) in [6, 6.07) is 25.1. The number of nitrogens with one attached hydrogen (secondary N) is 2. The molecule has 6 N–H and O–H groups in total. The highest BCUT2D eigenvalue weighted by atomic mass is 35.5. The van der Waals surface area contributed by atoms with Crippen molar-refractivity contribution in [2.75, 3.05) is 26.2 Å². The van der Waals surface area contributed by atoms with Crippen LogP contribution in [0.25, 0.3) is 0 Å². The van der Waals surface area contributed by atoms with E-state index in [0.29, 0.717) is 61.1 Å². The van der Waals surface area contributed by atoms with Crippen LogP contribution < -0.4 is 22.1 Å². The van der Waals surface area contributed by atoms with E-state index in [-0.39, 0.29) is 36.2 Å². The zero-order chi connectivity index (χ0) is 29.9. The van der Waals surface area contributed by atoms with Gasteiger partial charge < -0.3 is 27.0 Å². The van der Waals surface area contributed by atoms with Crippen LogP contribution >= 0.6 is 23.2 Å². The smallest absolute Gasteiger partial charge is 0.239 e. The molecule has 3 aromatic rings. The van der Waals surface area contributed by atoms with E-state index < -0.39 is 6.04 Å². The lowest BCUT2D eigenvalue weighted by Crippen LogP contribution is -2.49. The van der Waals surface area contributed by atoms with E-state index >= 15 is 0 Å². The van der Waals surface area contributed by atoms with E-state index in [1.165, 1.54) is 0 Å². The molecule has 1 heterocycles. The summed E-state index contributed by atoms with van der Waals surface area (Å²) in [5.74, 6) is -0.0462. The average Bonchev–Trinajstić information content (AvgIpc) is 3.13. The van der Waals surface area contributed by atoms with Gasteiger partial charge in [0.15, 0.2) is 5.96 Å². The van der Waals surface area contributed by atoms with Gasteiger partial charge in [-0.05, 0) is 48.1 Å². The van der Waals surface area contributed by atoms with Crippen molar-refractivity contribution in [2.24, 2.45) is 16.5 Å². The van der Waals surface area contributed by atoms with Crippen molar-refractivity contribution in [3.63, 3.8) is 0 Å². The normalized spacial score (nSPS) is 17.1. The summed E-state index contributed by atoms with van der Waals surface area (Å²) in [6.45, 7) is 1.94. The maximum Gasteiger partial charge on any atom is 0.239 e. The van der Waals surface area contributed by atoms with E-state index in [1.807, 2.05) is 41.3 Å². The maximum atomic E-state index is 13.9. The molecule has 10 heteroatoms. The minimum atomic E-state index is -0.429. The fourth-order valence-electron chi connectivity index (χ4n) is 5.27. The van der Waals surface area contributed by atoms with Gasteiger partial charge >= 0.3 is 0 Å². The van der Waals surface area contributed by atoms with Gasteiger partial charge in [0.1, 0.15) is 0 Å². The molecule has 222 valence electrons. The van der Waals surface area contributed by atoms with Crippen molar-refractivity contribution in [2.45, 2.75) is 43.7 Å². The Kier molecular flexibility index (Phi) is 11.6. The van der Waals surface area contributed by atoms with Crippen LogP contribution in [0.3, 0.4) is 0 Å². The molecule has 1 aliphatic rings. The van der Waals surface area contributed by atoms with Crippen LogP contribution in [0.2, 0.25) is 10.0 Å². The number of carbonyl (C=O) groups excluding carboxylic acids is 2. The number of aliphatic imine (C=N–C) groups is 1. The highest BCUT2D eigenvalue weighted by molar-refractivity contribution is 6.35. The number of amides is 2. The van der Waals surface area contributed by atoms with Crippen LogP contribution in [0, 0.1) is 0 Å². The molecule has 1 fully saturated rings. The van der Waals surface area contributed by atoms with Crippen LogP contribution in [0.1, 0.15) is 41.9 Å². The van der Waals surface area contributed by atoms with Gasteiger partial charge in [-0.3, -0.25) is 14.6 Å². The number of nitrogens with zero attached hydrogens (tertiary/aromatic N) is 2. The van der Waals surface area contributed by atoms with Crippen molar-refractivity contribution in [3.05, 3.63) is 106 Å². The Balaban J connectivity index is 1.47. The summed E-state index contributed by atoms with van der Waals surface area (Å²) in [6.07, 6.45) is 2.04. The Morgan fingerprint density at radius 3 is 2.31 bits per heavy atom. The molecule has 3 aromatic carbocycles. The molecule has 0 spiro atoms. The fraction of sp³-hybridized carbons (Fsp3) is 0.344. The van der Waals surface area contributed by atoms with Crippen molar-refractivity contribution >= 4 is 41.0 Å². The van der Waals surface area contributed by atoms with E-state index in [1.54, 1.807) is 18.2 Å². The van der Waals surface area contributed by atoms with Crippen molar-refractivity contribution < 1.29 is 9.59 Å². The van der Waals surface area contributed by atoms with E-state index in [9.17, 15) is 9.59 Å². The molecule has 0 bridgehead atoms. The molecule has 0 saturated carbocycles. The number of guanidine groups is 1. The largest absolute Gasteiger partial charge is 0.370 e. The third-order valence-electron chi connectivity index (χ3n) is 7.46. The first-order valence-corrected chi connectivity index (χ1v) is 15.0. The standard InChI is InChI=1S/C32H38Cl2N6O2/c33-25-14-13-24(28(34)19-25)18-30(41)38-20-26-15-17-40(31(42)29(39-26)12-7-16-37-32(35)36)21-27(22-8-3-1-4-9-22)23-10-5-2-6-11-23/h1-6,8-11,13-14,19,26-27,29,39H,7,12,15-18,20-21H2,(H,38,41)(H4,35,36,37)/t26-,29-/m0/s1. The van der Waals surface area contributed by atoms with E-state index in [0.717, 1.165) is 11.1 Å². The summed E-state index contributed by atoms with van der Waals surface area (Å²) in [4.78, 5) is 32.7. The highest BCUT2D eigenvalue weighted by Crippen LogP contribution is 2.27. The van der Waals surface area contributed by atoms with Gasteiger partial charge in [0.05, 0.1) is 12.5 Å². The lowest BCUT2D eigenvalue weighted by molar-refractivity contribution is -0.133. The summed E-state index contributed by atoms with van der Waals surface area (Å²) < 4.78 is 0. The molecule has 1 aliphatic heterocycles. The van der Waals surface area contributed by atoms with Crippen LogP contribution in [-0.2, 0) is 16.0 Å². The molecule has 2 amide bonds. The van der Waals surface area contributed by atoms with Gasteiger partial charge in [0.25, 0.3) is 0 Å². The Hall–Kier alpha value is -3.59. The van der Waals surface area contributed by atoms with Gasteiger partial charge in [0.2, 0.25) is 11.8 Å². The van der Waals surface area contributed by atoms with Gasteiger partial charge in [-0.2, -0.15) is 0 Å². The zero-order valence-corrected chi connectivity index (χ0v) is 25.0. The lowest BCUT2D eigenvalue weighted by Gasteiger charge is -2.29. The Bertz CT molecular complexity index is 1310. The predicted molar refractivity (Wildman–Crippen MR) is 170 cm³/mol. The third-order valence-corrected chi connectivity index (χ3v) is 8.04. The lowest BCUT2D eigenvalue weighted by atomic mass is 9.90. The van der Waals surface area contributed by atoms with Crippen molar-refractivity contribution in [3.8, 4) is 0 Å². The third kappa shape index (κ3) is 9.21. The second kappa shape index (κ2) is 15.6. The van der Waals surface area contributed by atoms with Gasteiger partial charge in [0, 0.05) is 48.2 Å². The first-order chi connectivity index (χ1) is 20.3. The van der Waals surface area contributed by atoms with Gasteiger partial charge in [-0.1, -0.05) is 89.9 Å². The Labute approximate surface area is 257 Å². The molecular formula is C32H38Cl2N6O2. The topological polar surface area (TPSA) is 126 Å². The molecule has 0 unspecified atom stereocenters. The minimum Gasteiger partial charge on any atom is -0.370 e. The quantitative estimate of drug-likeness (QED) is 0.140. The average molecular weight is 610 g/mol. The number of hydrogen-bond acceptors (Lipinski definition) is 4. The molecule has 2 atom stereocenters. The van der Waals surface area contributed by atoms with Crippen molar-refractivity contribution in [1.29, 1.82) is 0 Å². The summed E-state index contributed by atoms with van der Waals surface area (Å²) in [5.41, 5.74) is 14.0. The Morgan fingerprint density at radius 1 is 1.02 bits per heavy atom. The maximum absolute atomic E-state index is 13.9. The summed E-state index contributed by atoms with van der Waals surface area (Å²) in [7, 11) is 0. The van der Waals surface area contributed by atoms with Gasteiger partial charge in [-0.25, -0.2) is 0 Å². The number of nitrogens with two attached hydrogens (primary N) is 2. The molecule has 1 saturated heterocycles. The van der Waals surface area contributed by atoms with E-state index in [4.69, 9.17) is 34.7 Å². The molecule has 4 rings (SSSR count). The predicted octanol–water partition coefficient (Wildman–Crippen LogP) is 4.10.